The number of hydrogen-bond donors (Lipinski definition) is 2. The molecule has 2 N–H and O–H groups in total. The first-order chi connectivity index (χ1) is 13.3. The Hall–Kier alpha value is -2.68. The molecule has 1 amide bonds. The van der Waals surface area contributed by atoms with Crippen LogP contribution in [0.25, 0.3) is 0 Å². The Morgan fingerprint density at radius 1 is 1.36 bits per heavy atom. The summed E-state index contributed by atoms with van der Waals surface area (Å²) in [5, 5.41) is 16.3. The maximum Gasteiger partial charge on any atom is 0.354 e. The van der Waals surface area contributed by atoms with Gasteiger partial charge in [-0.1, -0.05) is 6.92 Å². The van der Waals surface area contributed by atoms with Crippen molar-refractivity contribution in [1.29, 1.82) is 0 Å². The molecule has 0 saturated carbocycles. The summed E-state index contributed by atoms with van der Waals surface area (Å²) < 4.78 is 6.64. The first kappa shape index (κ1) is 20.1. The Labute approximate surface area is 166 Å². The van der Waals surface area contributed by atoms with E-state index in [0.717, 1.165) is 40.8 Å². The predicted molar refractivity (Wildman–Crippen MR) is 104 cm³/mol. The van der Waals surface area contributed by atoms with Crippen LogP contribution in [-0.4, -0.2) is 38.8 Å². The van der Waals surface area contributed by atoms with Gasteiger partial charge in [-0.15, -0.1) is 11.3 Å². The highest BCUT2D eigenvalue weighted by atomic mass is 32.1. The van der Waals surface area contributed by atoms with E-state index in [0.29, 0.717) is 17.0 Å². The summed E-state index contributed by atoms with van der Waals surface area (Å²) in [6, 6.07) is 0. The third-order valence-corrected chi connectivity index (χ3v) is 6.08. The van der Waals surface area contributed by atoms with E-state index in [2.05, 4.69) is 10.4 Å². The second-order valence-electron chi connectivity index (χ2n) is 6.83. The highest BCUT2D eigenvalue weighted by Gasteiger charge is 2.29. The van der Waals surface area contributed by atoms with Crippen molar-refractivity contribution in [3.8, 4) is 0 Å². The summed E-state index contributed by atoms with van der Waals surface area (Å²) >= 11 is 1.36. The van der Waals surface area contributed by atoms with Crippen molar-refractivity contribution < 1.29 is 24.2 Å². The van der Waals surface area contributed by atoms with Crippen molar-refractivity contribution in [3.63, 3.8) is 0 Å². The average Bonchev–Trinajstić information content (AvgIpc) is 3.21. The van der Waals surface area contributed by atoms with Crippen LogP contribution in [-0.2, 0) is 24.6 Å². The number of hydrogen-bond acceptors (Lipinski definition) is 6. The Morgan fingerprint density at radius 2 is 2.07 bits per heavy atom. The number of nitrogens with zero attached hydrogens (tertiary/aromatic N) is 2. The van der Waals surface area contributed by atoms with Gasteiger partial charge in [0.25, 0.3) is 5.91 Å². The first-order valence-corrected chi connectivity index (χ1v) is 10.1. The fourth-order valence-electron chi connectivity index (χ4n) is 3.22. The van der Waals surface area contributed by atoms with Crippen molar-refractivity contribution in [2.24, 2.45) is 7.05 Å². The van der Waals surface area contributed by atoms with E-state index in [1.807, 2.05) is 13.8 Å². The lowest BCUT2D eigenvalue weighted by Crippen LogP contribution is -2.20. The van der Waals surface area contributed by atoms with E-state index in [4.69, 9.17) is 4.74 Å². The van der Waals surface area contributed by atoms with E-state index in [9.17, 15) is 19.5 Å². The number of carbonyl (C=O) groups excluding carboxylic acids is 2. The van der Waals surface area contributed by atoms with Gasteiger partial charge < -0.3 is 15.2 Å². The van der Waals surface area contributed by atoms with Crippen LogP contribution in [0.4, 0.5) is 5.00 Å². The zero-order valence-electron chi connectivity index (χ0n) is 16.1. The zero-order valence-corrected chi connectivity index (χ0v) is 16.9. The largest absolute Gasteiger partial charge is 0.477 e. The summed E-state index contributed by atoms with van der Waals surface area (Å²) in [4.78, 5) is 38.0. The molecular weight excluding hydrogens is 382 g/mol. The van der Waals surface area contributed by atoms with E-state index >= 15 is 0 Å². The lowest BCUT2D eigenvalue weighted by Gasteiger charge is -2.15. The number of aromatic nitrogens is 2. The van der Waals surface area contributed by atoms with Gasteiger partial charge in [-0.25, -0.2) is 9.59 Å². The topological polar surface area (TPSA) is 111 Å². The van der Waals surface area contributed by atoms with Crippen LogP contribution in [0.1, 0.15) is 74.8 Å². The number of thiophene rings is 1. The predicted octanol–water partition coefficient (Wildman–Crippen LogP) is 3.27. The van der Waals surface area contributed by atoms with Crippen LogP contribution in [0.15, 0.2) is 6.20 Å². The number of esters is 1. The third-order valence-electron chi connectivity index (χ3n) is 4.87. The van der Waals surface area contributed by atoms with Gasteiger partial charge in [0.1, 0.15) is 5.00 Å². The fourth-order valence-corrected chi connectivity index (χ4v) is 4.50. The number of fused-ring (bicyclic) bond motifs is 1. The van der Waals surface area contributed by atoms with Crippen molar-refractivity contribution in [2.75, 3.05) is 5.32 Å². The molecule has 1 aliphatic rings. The number of carbonyl (C=O) groups is 3. The minimum absolute atomic E-state index is 0.0531. The summed E-state index contributed by atoms with van der Waals surface area (Å²) in [5.74, 6) is -2.30. The van der Waals surface area contributed by atoms with Crippen molar-refractivity contribution >= 4 is 34.2 Å². The van der Waals surface area contributed by atoms with Gasteiger partial charge >= 0.3 is 11.9 Å². The molecule has 0 aromatic carbocycles. The van der Waals surface area contributed by atoms with Gasteiger partial charge in [-0.3, -0.25) is 9.48 Å². The standard InChI is InChI=1S/C19H23N3O5S/c1-4-10(2)27-19(26)14-11-7-5-6-8-13(11)28-17(14)21-16(23)12-9-20-22(3)15(12)18(24)25/h9-10H,4-8H2,1-3H3,(H,21,23)(H,24,25). The van der Waals surface area contributed by atoms with Crippen LogP contribution >= 0.6 is 11.3 Å². The molecular formula is C19H23N3O5S. The number of amides is 1. The van der Waals surface area contributed by atoms with Gasteiger partial charge in [-0.05, 0) is 44.6 Å². The molecule has 2 aromatic heterocycles. The molecule has 3 rings (SSSR count). The minimum Gasteiger partial charge on any atom is -0.477 e. The number of anilines is 1. The molecule has 1 aliphatic carbocycles. The van der Waals surface area contributed by atoms with Gasteiger partial charge in [-0.2, -0.15) is 5.10 Å². The Bertz CT molecular complexity index is 930. The zero-order chi connectivity index (χ0) is 20.4. The molecule has 1 atom stereocenters. The molecule has 0 spiro atoms. The number of carboxylic acids is 1. The van der Waals surface area contributed by atoms with Gasteiger partial charge in [0.05, 0.1) is 23.4 Å². The maximum atomic E-state index is 12.8. The molecule has 2 aromatic rings. The number of ether oxygens (including phenoxy) is 1. The van der Waals surface area contributed by atoms with Crippen molar-refractivity contribution in [3.05, 3.63) is 33.5 Å². The van der Waals surface area contributed by atoms with Crippen molar-refractivity contribution in [2.45, 2.75) is 52.1 Å². The molecule has 8 nitrogen and oxygen atoms in total. The summed E-state index contributed by atoms with van der Waals surface area (Å²) in [5.41, 5.74) is 1.07. The molecule has 0 bridgehead atoms. The van der Waals surface area contributed by atoms with Crippen LogP contribution in [0.3, 0.4) is 0 Å². The number of nitrogens with one attached hydrogen (secondary N) is 1. The number of aromatic carboxylic acids is 1. The normalized spacial score (nSPS) is 14.2. The van der Waals surface area contributed by atoms with E-state index in [-0.39, 0.29) is 17.4 Å². The second-order valence-corrected chi connectivity index (χ2v) is 7.93. The van der Waals surface area contributed by atoms with Crippen LogP contribution in [0.5, 0.6) is 0 Å². The molecule has 1 unspecified atom stereocenters. The van der Waals surface area contributed by atoms with Gasteiger partial charge in [0, 0.05) is 11.9 Å². The molecule has 9 heteroatoms. The van der Waals surface area contributed by atoms with Crippen molar-refractivity contribution in [1.82, 2.24) is 9.78 Å². The van der Waals surface area contributed by atoms with Gasteiger partial charge in [0.2, 0.25) is 0 Å². The Morgan fingerprint density at radius 3 is 2.75 bits per heavy atom. The molecule has 2 heterocycles. The molecule has 0 aliphatic heterocycles. The van der Waals surface area contributed by atoms with Crippen LogP contribution in [0.2, 0.25) is 0 Å². The maximum absolute atomic E-state index is 12.8. The second kappa shape index (κ2) is 8.14. The SMILES string of the molecule is CCC(C)OC(=O)c1c(NC(=O)c2cnn(C)c2C(=O)O)sc2c1CCCC2. The molecule has 28 heavy (non-hydrogen) atoms. The van der Waals surface area contributed by atoms with E-state index < -0.39 is 17.8 Å². The van der Waals surface area contributed by atoms with Crippen LogP contribution in [0, 0.1) is 0 Å². The Balaban J connectivity index is 1.96. The van der Waals surface area contributed by atoms with E-state index in [1.165, 1.54) is 24.6 Å². The quantitative estimate of drug-likeness (QED) is 0.714. The molecule has 0 saturated heterocycles. The highest BCUT2D eigenvalue weighted by Crippen LogP contribution is 2.39. The van der Waals surface area contributed by atoms with Gasteiger partial charge in [0.15, 0.2) is 5.69 Å². The smallest absolute Gasteiger partial charge is 0.354 e. The molecule has 0 fully saturated rings. The number of rotatable bonds is 6. The van der Waals surface area contributed by atoms with Crippen LogP contribution < -0.4 is 5.32 Å². The first-order valence-electron chi connectivity index (χ1n) is 9.25. The molecule has 150 valence electrons. The lowest BCUT2D eigenvalue weighted by atomic mass is 9.95. The summed E-state index contributed by atoms with van der Waals surface area (Å²) in [6.45, 7) is 3.75. The fraction of sp³-hybridized carbons (Fsp3) is 0.474. The monoisotopic (exact) mass is 405 g/mol. The summed E-state index contributed by atoms with van der Waals surface area (Å²) in [6.07, 6.45) is 5.30. The van der Waals surface area contributed by atoms with E-state index in [1.54, 1.807) is 0 Å². The lowest BCUT2D eigenvalue weighted by molar-refractivity contribution is 0.0334. The average molecular weight is 405 g/mol. The Kier molecular flexibility index (Phi) is 5.83. The third kappa shape index (κ3) is 3.80. The summed E-state index contributed by atoms with van der Waals surface area (Å²) in [7, 11) is 1.46. The number of aryl methyl sites for hydroxylation is 2. The highest BCUT2D eigenvalue weighted by molar-refractivity contribution is 7.17. The minimum atomic E-state index is -1.24. The molecule has 0 radical (unpaired) electrons. The number of carboxylic acid groups (broad SMARTS) is 1.